The average molecular weight is 400 g/mol. The van der Waals surface area contributed by atoms with Gasteiger partial charge in [0.2, 0.25) is 5.91 Å². The van der Waals surface area contributed by atoms with Gasteiger partial charge in [-0.25, -0.2) is 4.98 Å². The van der Waals surface area contributed by atoms with Gasteiger partial charge in [-0.05, 0) is 23.6 Å². The highest BCUT2D eigenvalue weighted by molar-refractivity contribution is 7.99. The van der Waals surface area contributed by atoms with Crippen molar-refractivity contribution in [2.75, 3.05) is 24.8 Å². The van der Waals surface area contributed by atoms with Crippen LogP contribution in [-0.4, -0.2) is 34.9 Å². The first-order valence-electron chi connectivity index (χ1n) is 8.02. The van der Waals surface area contributed by atoms with Crippen LogP contribution in [0.5, 0.6) is 0 Å². The Morgan fingerprint density at radius 1 is 1.41 bits per heavy atom. The molecule has 2 aromatic heterocycles. The van der Waals surface area contributed by atoms with Crippen molar-refractivity contribution in [2.45, 2.75) is 11.7 Å². The molecule has 0 saturated carbocycles. The Balaban J connectivity index is 1.82. The third kappa shape index (κ3) is 4.36. The summed E-state index contributed by atoms with van der Waals surface area (Å²) in [5.74, 6) is -0.194. The molecule has 0 bridgehead atoms. The molecule has 1 aromatic carbocycles. The van der Waals surface area contributed by atoms with Crippen molar-refractivity contribution in [3.05, 3.63) is 51.6 Å². The number of benzene rings is 1. The van der Waals surface area contributed by atoms with E-state index >= 15 is 0 Å². The van der Waals surface area contributed by atoms with Crippen LogP contribution < -0.4 is 10.9 Å². The summed E-state index contributed by atoms with van der Waals surface area (Å²) in [6.07, 6.45) is 0. The molecule has 3 aromatic rings. The van der Waals surface area contributed by atoms with Crippen LogP contribution in [0.4, 0.5) is 5.00 Å². The van der Waals surface area contributed by atoms with Crippen LogP contribution in [0.15, 0.2) is 45.7 Å². The molecule has 27 heavy (non-hydrogen) atoms. The molecule has 9 heteroatoms. The van der Waals surface area contributed by atoms with Crippen LogP contribution in [0.2, 0.25) is 0 Å². The zero-order valence-electron chi connectivity index (χ0n) is 14.5. The Morgan fingerprint density at radius 2 is 2.22 bits per heavy atom. The fraction of sp³-hybridized carbons (Fsp3) is 0.222. The summed E-state index contributed by atoms with van der Waals surface area (Å²) in [7, 11) is 1.56. The van der Waals surface area contributed by atoms with Crippen LogP contribution in [-0.2, 0) is 16.1 Å². The molecule has 0 unspecified atom stereocenters. The van der Waals surface area contributed by atoms with Crippen molar-refractivity contribution < 1.29 is 9.53 Å². The fourth-order valence-corrected chi connectivity index (χ4v) is 4.00. The molecule has 1 N–H and O–H groups in total. The highest BCUT2D eigenvalue weighted by Crippen LogP contribution is 2.23. The van der Waals surface area contributed by atoms with Crippen molar-refractivity contribution in [1.82, 2.24) is 9.55 Å². The minimum Gasteiger partial charge on any atom is -0.383 e. The Morgan fingerprint density at radius 3 is 3.00 bits per heavy atom. The van der Waals surface area contributed by atoms with E-state index < -0.39 is 0 Å². The number of amides is 1. The highest BCUT2D eigenvalue weighted by Gasteiger charge is 2.14. The first kappa shape index (κ1) is 19.1. The molecular formula is C18H16N4O3S2. The molecule has 0 aliphatic carbocycles. The zero-order chi connectivity index (χ0) is 19.2. The molecule has 2 heterocycles. The van der Waals surface area contributed by atoms with Gasteiger partial charge in [-0.15, -0.1) is 11.3 Å². The molecule has 0 spiro atoms. The lowest BCUT2D eigenvalue weighted by Gasteiger charge is -2.12. The number of methoxy groups -OCH3 is 1. The molecule has 1 amide bonds. The van der Waals surface area contributed by atoms with Crippen LogP contribution in [0.25, 0.3) is 10.9 Å². The van der Waals surface area contributed by atoms with E-state index in [1.807, 2.05) is 12.1 Å². The summed E-state index contributed by atoms with van der Waals surface area (Å²) in [5.41, 5.74) is 0.855. The lowest BCUT2D eigenvalue weighted by Crippen LogP contribution is -2.26. The molecule has 0 atom stereocenters. The second-order valence-corrected chi connectivity index (χ2v) is 7.33. The highest BCUT2D eigenvalue weighted by atomic mass is 32.2. The van der Waals surface area contributed by atoms with Crippen LogP contribution in [0.3, 0.4) is 0 Å². The predicted octanol–water partition coefficient (Wildman–Crippen LogP) is 2.71. The molecule has 138 valence electrons. The quantitative estimate of drug-likeness (QED) is 0.484. The summed E-state index contributed by atoms with van der Waals surface area (Å²) < 4.78 is 6.61. The van der Waals surface area contributed by atoms with E-state index in [0.717, 1.165) is 0 Å². The van der Waals surface area contributed by atoms with Gasteiger partial charge in [0.1, 0.15) is 11.1 Å². The van der Waals surface area contributed by atoms with Crippen molar-refractivity contribution in [2.24, 2.45) is 0 Å². The van der Waals surface area contributed by atoms with Gasteiger partial charge in [-0.2, -0.15) is 5.26 Å². The van der Waals surface area contributed by atoms with Gasteiger partial charge >= 0.3 is 0 Å². The molecular weight excluding hydrogens is 384 g/mol. The number of carbonyl (C=O) groups is 1. The number of nitrogens with zero attached hydrogens (tertiary/aromatic N) is 3. The Hall–Kier alpha value is -2.67. The van der Waals surface area contributed by atoms with Gasteiger partial charge in [-0.3, -0.25) is 14.2 Å². The number of nitrogens with one attached hydrogen (secondary N) is 1. The molecule has 7 nitrogen and oxygen atoms in total. The smallest absolute Gasteiger partial charge is 0.262 e. The van der Waals surface area contributed by atoms with Crippen LogP contribution in [0, 0.1) is 11.3 Å². The number of hydrogen-bond acceptors (Lipinski definition) is 7. The SMILES string of the molecule is COCCn1c(SCC(=O)Nc2sccc2C#N)nc2ccccc2c1=O. The van der Waals surface area contributed by atoms with E-state index in [4.69, 9.17) is 10.00 Å². The average Bonchev–Trinajstić information content (AvgIpc) is 3.13. The molecule has 0 aliphatic rings. The topological polar surface area (TPSA) is 97.0 Å². The Bertz CT molecular complexity index is 1070. The Labute approximate surface area is 163 Å². The van der Waals surface area contributed by atoms with Gasteiger partial charge in [0, 0.05) is 7.11 Å². The van der Waals surface area contributed by atoms with Crippen LogP contribution >= 0.6 is 23.1 Å². The number of nitriles is 1. The summed E-state index contributed by atoms with van der Waals surface area (Å²) in [6, 6.07) is 10.8. The van der Waals surface area contributed by atoms with Crippen LogP contribution in [0.1, 0.15) is 5.56 Å². The molecule has 0 aliphatic heterocycles. The summed E-state index contributed by atoms with van der Waals surface area (Å²) in [4.78, 5) is 29.5. The van der Waals surface area contributed by atoms with E-state index in [2.05, 4.69) is 10.3 Å². The Kier molecular flexibility index (Phi) is 6.24. The first-order chi connectivity index (χ1) is 13.1. The van der Waals surface area contributed by atoms with E-state index in [9.17, 15) is 9.59 Å². The van der Waals surface area contributed by atoms with Gasteiger partial charge in [0.15, 0.2) is 5.16 Å². The second kappa shape index (κ2) is 8.81. The predicted molar refractivity (Wildman–Crippen MR) is 106 cm³/mol. The minimum atomic E-state index is -0.264. The van der Waals surface area contributed by atoms with Gasteiger partial charge in [0.05, 0.1) is 35.4 Å². The van der Waals surface area contributed by atoms with Crippen molar-refractivity contribution in [1.29, 1.82) is 5.26 Å². The number of ether oxygens (including phenoxy) is 1. The largest absolute Gasteiger partial charge is 0.383 e. The van der Waals surface area contributed by atoms with E-state index in [1.165, 1.54) is 27.7 Å². The zero-order valence-corrected chi connectivity index (χ0v) is 16.1. The van der Waals surface area contributed by atoms with Gasteiger partial charge in [0.25, 0.3) is 5.56 Å². The summed E-state index contributed by atoms with van der Waals surface area (Å²) >= 11 is 2.47. The number of para-hydroxylation sites is 1. The van der Waals surface area contributed by atoms with E-state index in [-0.39, 0.29) is 17.2 Å². The number of fused-ring (bicyclic) bond motifs is 1. The first-order valence-corrected chi connectivity index (χ1v) is 9.89. The van der Waals surface area contributed by atoms with Crippen molar-refractivity contribution in [3.8, 4) is 6.07 Å². The number of anilines is 1. The minimum absolute atomic E-state index is 0.0700. The summed E-state index contributed by atoms with van der Waals surface area (Å²) in [6.45, 7) is 0.709. The number of thioether (sulfide) groups is 1. The van der Waals surface area contributed by atoms with Crippen molar-refractivity contribution in [3.63, 3.8) is 0 Å². The molecule has 3 rings (SSSR count). The molecule has 0 radical (unpaired) electrons. The number of thiophene rings is 1. The molecule has 0 fully saturated rings. The monoisotopic (exact) mass is 400 g/mol. The third-order valence-corrected chi connectivity index (χ3v) is 5.52. The third-order valence-electron chi connectivity index (χ3n) is 3.72. The maximum absolute atomic E-state index is 12.8. The fourth-order valence-electron chi connectivity index (χ4n) is 2.42. The maximum Gasteiger partial charge on any atom is 0.262 e. The molecule has 0 saturated heterocycles. The number of carbonyl (C=O) groups excluding carboxylic acids is 1. The van der Waals surface area contributed by atoms with Crippen molar-refractivity contribution >= 4 is 44.9 Å². The summed E-state index contributed by atoms with van der Waals surface area (Å²) in [5, 5.41) is 15.0. The lowest BCUT2D eigenvalue weighted by atomic mass is 10.2. The normalized spacial score (nSPS) is 10.7. The maximum atomic E-state index is 12.8. The van der Waals surface area contributed by atoms with Gasteiger partial charge < -0.3 is 10.1 Å². The standard InChI is InChI=1S/C18H16N4O3S2/c1-25-8-7-22-17(24)13-4-2-3-5-14(13)20-18(22)27-11-15(23)21-16-12(10-19)6-9-26-16/h2-6,9H,7-8,11H2,1H3,(H,21,23). The van der Waals surface area contributed by atoms with E-state index in [1.54, 1.807) is 36.8 Å². The lowest BCUT2D eigenvalue weighted by molar-refractivity contribution is -0.113. The number of hydrogen-bond donors (Lipinski definition) is 1. The number of aromatic nitrogens is 2. The van der Waals surface area contributed by atoms with Gasteiger partial charge in [-0.1, -0.05) is 23.9 Å². The number of rotatable bonds is 7. The second-order valence-electron chi connectivity index (χ2n) is 5.47. The van der Waals surface area contributed by atoms with E-state index in [0.29, 0.717) is 39.8 Å².